The first kappa shape index (κ1) is 42.6. The number of allylic oxidation sites excluding steroid dienone is 2. The van der Waals surface area contributed by atoms with E-state index in [1.54, 1.807) is 0 Å². The van der Waals surface area contributed by atoms with Crippen molar-refractivity contribution in [3.8, 4) is 67.1 Å². The van der Waals surface area contributed by atoms with E-state index in [9.17, 15) is 0 Å². The molecule has 2 unspecified atom stereocenters. The van der Waals surface area contributed by atoms with Crippen molar-refractivity contribution in [2.24, 2.45) is 0 Å². The zero-order valence-electron chi connectivity index (χ0n) is 40.1. The first-order chi connectivity index (χ1) is 36.2. The van der Waals surface area contributed by atoms with E-state index in [0.29, 0.717) is 0 Å². The highest BCUT2D eigenvalue weighted by atomic mass is 16.5. The van der Waals surface area contributed by atoms with Crippen LogP contribution in [0.5, 0.6) is 11.5 Å². The molecule has 0 radical (unpaired) electrons. The number of rotatable bonds is 8. The number of nitrogens with zero attached hydrogens (tertiary/aromatic N) is 1. The van der Waals surface area contributed by atoms with Crippen molar-refractivity contribution in [1.82, 2.24) is 0 Å². The van der Waals surface area contributed by atoms with Gasteiger partial charge in [-0.2, -0.15) is 0 Å². The molecule has 73 heavy (non-hydrogen) atoms. The van der Waals surface area contributed by atoms with E-state index in [4.69, 9.17) is 4.74 Å². The monoisotopic (exact) mass is 931 g/mol. The lowest BCUT2D eigenvalue weighted by molar-refractivity contribution is 0.436. The number of benzene rings is 11. The minimum atomic E-state index is -0.601. The Kier molecular flexibility index (Phi) is 10.3. The van der Waals surface area contributed by atoms with Crippen molar-refractivity contribution in [3.63, 3.8) is 0 Å². The van der Waals surface area contributed by atoms with Gasteiger partial charge in [0, 0.05) is 34.0 Å². The van der Waals surface area contributed by atoms with Crippen LogP contribution in [0.15, 0.2) is 285 Å². The maximum Gasteiger partial charge on any atom is 0.132 e. The van der Waals surface area contributed by atoms with Crippen LogP contribution in [0.1, 0.15) is 33.7 Å². The van der Waals surface area contributed by atoms with Crippen LogP contribution in [0, 0.1) is 0 Å². The van der Waals surface area contributed by atoms with Crippen molar-refractivity contribution in [3.05, 3.63) is 313 Å². The molecule has 0 amide bonds. The Labute approximate surface area is 427 Å². The zero-order chi connectivity index (χ0) is 48.3. The maximum absolute atomic E-state index is 6.75. The van der Waals surface area contributed by atoms with Crippen LogP contribution in [0.4, 0.5) is 11.4 Å². The summed E-state index contributed by atoms with van der Waals surface area (Å²) in [7, 11) is 0. The average molecular weight is 932 g/mol. The number of hydrogen-bond donors (Lipinski definition) is 0. The molecule has 1 spiro atoms. The van der Waals surface area contributed by atoms with Crippen molar-refractivity contribution < 1.29 is 4.74 Å². The third kappa shape index (κ3) is 6.86. The molecule has 1 aliphatic heterocycles. The van der Waals surface area contributed by atoms with Crippen molar-refractivity contribution >= 4 is 22.1 Å². The Morgan fingerprint density at radius 1 is 0.342 bits per heavy atom. The summed E-state index contributed by atoms with van der Waals surface area (Å²) in [6.07, 6.45) is 9.31. The van der Waals surface area contributed by atoms with Gasteiger partial charge in [-0.05, 0) is 108 Å². The molecule has 2 heteroatoms. The second-order valence-corrected chi connectivity index (χ2v) is 19.4. The first-order valence-electron chi connectivity index (χ1n) is 25.4. The molecule has 0 aromatic heterocycles. The molecule has 11 aromatic carbocycles. The minimum absolute atomic E-state index is 0.0164. The lowest BCUT2D eigenvalue weighted by Crippen LogP contribution is -2.36. The number of para-hydroxylation sites is 2. The van der Waals surface area contributed by atoms with E-state index >= 15 is 0 Å². The van der Waals surface area contributed by atoms with E-state index in [0.717, 1.165) is 34.0 Å². The molecule has 14 rings (SSSR count). The summed E-state index contributed by atoms with van der Waals surface area (Å²) in [5, 5.41) is 2.52. The third-order valence-corrected chi connectivity index (χ3v) is 15.6. The molecule has 1 heterocycles. The molecule has 0 bridgehead atoms. The van der Waals surface area contributed by atoms with Gasteiger partial charge >= 0.3 is 0 Å². The van der Waals surface area contributed by atoms with Gasteiger partial charge in [0.15, 0.2) is 0 Å². The normalized spacial score (nSPS) is 15.5. The van der Waals surface area contributed by atoms with Gasteiger partial charge in [0.05, 0.1) is 11.5 Å². The second-order valence-electron chi connectivity index (χ2n) is 19.4. The smallest absolute Gasteiger partial charge is 0.132 e. The van der Waals surface area contributed by atoms with Gasteiger partial charge < -0.3 is 9.64 Å². The average Bonchev–Trinajstić information content (AvgIpc) is 3.77. The molecule has 2 atom stereocenters. The SMILES string of the molecule is C1=CC(c2ccccc2-c2ccccc2-c2ccccc2)C(N(c2ccc(-c3ccc(-c4cccc5ccccc45)cc3)cc2)c2cccc3c2-c2ccccc2C32c3ccccc3Oc3ccccc32)C=C1. The van der Waals surface area contributed by atoms with Crippen LogP contribution in [0.2, 0.25) is 0 Å². The Bertz CT molecular complexity index is 3910. The van der Waals surface area contributed by atoms with Gasteiger partial charge in [0.1, 0.15) is 11.5 Å². The van der Waals surface area contributed by atoms with Gasteiger partial charge in [-0.25, -0.2) is 0 Å². The van der Waals surface area contributed by atoms with E-state index < -0.39 is 5.41 Å². The number of anilines is 2. The minimum Gasteiger partial charge on any atom is -0.457 e. The highest BCUT2D eigenvalue weighted by molar-refractivity contribution is 5.98. The summed E-state index contributed by atoms with van der Waals surface area (Å²) in [6, 6.07) is 95.5. The lowest BCUT2D eigenvalue weighted by Gasteiger charge is -2.41. The third-order valence-electron chi connectivity index (χ3n) is 15.6. The van der Waals surface area contributed by atoms with Gasteiger partial charge in [0.25, 0.3) is 0 Å². The second kappa shape index (κ2) is 17.6. The Morgan fingerprint density at radius 2 is 0.863 bits per heavy atom. The van der Waals surface area contributed by atoms with E-state index in [1.807, 2.05) is 0 Å². The Hall–Kier alpha value is -9.24. The van der Waals surface area contributed by atoms with Crippen LogP contribution in [0.25, 0.3) is 66.4 Å². The molecule has 2 nitrogen and oxygen atoms in total. The Morgan fingerprint density at radius 3 is 1.63 bits per heavy atom. The van der Waals surface area contributed by atoms with Gasteiger partial charge in [-0.3, -0.25) is 0 Å². The predicted molar refractivity (Wildman–Crippen MR) is 303 cm³/mol. The fourth-order valence-corrected chi connectivity index (χ4v) is 12.4. The van der Waals surface area contributed by atoms with Gasteiger partial charge in [-0.15, -0.1) is 0 Å². The molecular formula is C71H49NO. The maximum atomic E-state index is 6.75. The molecule has 11 aromatic rings. The lowest BCUT2D eigenvalue weighted by atomic mass is 9.66. The fraction of sp³-hybridized carbons (Fsp3) is 0.0423. The largest absolute Gasteiger partial charge is 0.457 e. The Balaban J connectivity index is 0.954. The van der Waals surface area contributed by atoms with E-state index in [1.165, 1.54) is 83.1 Å². The van der Waals surface area contributed by atoms with Crippen molar-refractivity contribution in [1.29, 1.82) is 0 Å². The van der Waals surface area contributed by atoms with Crippen LogP contribution in [-0.4, -0.2) is 6.04 Å². The quantitative estimate of drug-likeness (QED) is 0.151. The molecule has 0 fully saturated rings. The summed E-state index contributed by atoms with van der Waals surface area (Å²) < 4.78 is 6.75. The van der Waals surface area contributed by atoms with E-state index in [-0.39, 0.29) is 12.0 Å². The van der Waals surface area contributed by atoms with Gasteiger partial charge in [0.2, 0.25) is 0 Å². The van der Waals surface area contributed by atoms with Gasteiger partial charge in [-0.1, -0.05) is 255 Å². The molecule has 0 N–H and O–H groups in total. The standard InChI is InChI=1S/C71H49NO/c1-2-20-50(21-3-1)56-25-6-7-26-57(56)58-27-8-9-28-59(58)60-29-11-15-36-66(60)72(53-46-44-49(45-47-53)48-40-42-52(43-41-48)55-31-18-23-51-22-4-5-24-54(51)55)67-37-19-35-65-70(67)61-30-10-12-32-62(61)71(65)63-33-13-16-38-68(63)73-69-39-17-14-34-64(69)71/h1-47,60,66H. The van der Waals surface area contributed by atoms with Crippen molar-refractivity contribution in [2.75, 3.05) is 4.90 Å². The molecule has 344 valence electrons. The van der Waals surface area contributed by atoms with Crippen LogP contribution in [-0.2, 0) is 5.41 Å². The molecule has 2 aliphatic carbocycles. The molecule has 3 aliphatic rings. The molecule has 0 saturated carbocycles. The predicted octanol–water partition coefficient (Wildman–Crippen LogP) is 18.4. The van der Waals surface area contributed by atoms with Crippen LogP contribution in [0.3, 0.4) is 0 Å². The molecular weight excluding hydrogens is 883 g/mol. The summed E-state index contributed by atoms with van der Waals surface area (Å²) in [6.45, 7) is 0. The highest BCUT2D eigenvalue weighted by Crippen LogP contribution is 2.64. The van der Waals surface area contributed by atoms with Crippen LogP contribution >= 0.6 is 0 Å². The van der Waals surface area contributed by atoms with Crippen LogP contribution < -0.4 is 9.64 Å². The number of hydrogen-bond acceptors (Lipinski definition) is 2. The fourth-order valence-electron chi connectivity index (χ4n) is 12.4. The number of fused-ring (bicyclic) bond motifs is 10. The summed E-state index contributed by atoms with van der Waals surface area (Å²) >= 11 is 0. The topological polar surface area (TPSA) is 12.5 Å². The number of ether oxygens (including phenoxy) is 1. The molecule has 0 saturated heterocycles. The summed E-state index contributed by atoms with van der Waals surface area (Å²) in [5.74, 6) is 1.76. The summed E-state index contributed by atoms with van der Waals surface area (Å²) in [5.41, 5.74) is 20.0. The van der Waals surface area contributed by atoms with Crippen molar-refractivity contribution in [2.45, 2.75) is 17.4 Å². The first-order valence-corrected chi connectivity index (χ1v) is 25.4. The highest BCUT2D eigenvalue weighted by Gasteiger charge is 2.52. The van der Waals surface area contributed by atoms with E-state index in [2.05, 4.69) is 290 Å². The zero-order valence-corrected chi connectivity index (χ0v) is 40.1. The summed E-state index contributed by atoms with van der Waals surface area (Å²) in [4.78, 5) is 2.63.